The third-order valence-corrected chi connectivity index (χ3v) is 9.79. The van der Waals surface area contributed by atoms with E-state index in [1.807, 2.05) is 56.4 Å². The molecule has 9 nitrogen and oxygen atoms in total. The van der Waals surface area contributed by atoms with Gasteiger partial charge in [-0.1, -0.05) is 57.1 Å². The first kappa shape index (κ1) is 35.8. The van der Waals surface area contributed by atoms with Gasteiger partial charge in [0.15, 0.2) is 6.10 Å². The zero-order valence-corrected chi connectivity index (χ0v) is 28.2. The molecule has 4 heterocycles. The Kier molecular flexibility index (Phi) is 13.4. The first-order valence-electron chi connectivity index (χ1n) is 17.3. The van der Waals surface area contributed by atoms with Crippen LogP contribution in [0.15, 0.2) is 60.3 Å². The van der Waals surface area contributed by atoms with E-state index in [0.717, 1.165) is 37.2 Å². The van der Waals surface area contributed by atoms with Gasteiger partial charge in [-0.3, -0.25) is 9.78 Å². The van der Waals surface area contributed by atoms with Crippen molar-refractivity contribution in [3.8, 4) is 0 Å². The third-order valence-electron chi connectivity index (χ3n) is 9.79. The number of ether oxygens (including phenoxy) is 2. The Morgan fingerprint density at radius 3 is 2.50 bits per heavy atom. The molecule has 9 heteroatoms. The lowest BCUT2D eigenvalue weighted by molar-refractivity contribution is -0.151. The Balaban J connectivity index is 1.45. The van der Waals surface area contributed by atoms with Gasteiger partial charge in [0.2, 0.25) is 0 Å². The van der Waals surface area contributed by atoms with Gasteiger partial charge in [-0.2, -0.15) is 0 Å². The minimum atomic E-state index is -1.44. The Morgan fingerprint density at radius 1 is 1.11 bits per heavy atom. The lowest BCUT2D eigenvalue weighted by atomic mass is 9.88. The highest BCUT2D eigenvalue weighted by Gasteiger charge is 2.37. The largest absolute Gasteiger partial charge is 0.457 e. The van der Waals surface area contributed by atoms with E-state index in [1.54, 1.807) is 24.1 Å². The second kappa shape index (κ2) is 17.2. The smallest absolute Gasteiger partial charge is 0.410 e. The summed E-state index contributed by atoms with van der Waals surface area (Å²) in [6.07, 6.45) is 15.3. The first-order chi connectivity index (χ1) is 22.0. The molecular formula is C37H55N3O6. The minimum Gasteiger partial charge on any atom is -0.457 e. The van der Waals surface area contributed by atoms with Gasteiger partial charge in [0.25, 0.3) is 0 Å². The van der Waals surface area contributed by atoms with E-state index in [0.29, 0.717) is 19.1 Å². The summed E-state index contributed by atoms with van der Waals surface area (Å²) >= 11 is 0. The van der Waals surface area contributed by atoms with Crippen LogP contribution in [0.2, 0.25) is 0 Å². The number of allylic oxidation sites excluding steroid dienone is 3. The van der Waals surface area contributed by atoms with Crippen LogP contribution >= 0.6 is 0 Å². The number of amides is 1. The van der Waals surface area contributed by atoms with Crippen LogP contribution in [0, 0.1) is 5.92 Å². The fourth-order valence-electron chi connectivity index (χ4n) is 6.72. The third kappa shape index (κ3) is 10.5. The maximum Gasteiger partial charge on any atom is 0.410 e. The topological polar surface area (TPSA) is 112 Å². The minimum absolute atomic E-state index is 0.106. The van der Waals surface area contributed by atoms with E-state index >= 15 is 0 Å². The lowest BCUT2D eigenvalue weighted by Crippen LogP contribution is -2.49. The van der Waals surface area contributed by atoms with Crippen LogP contribution in [0.1, 0.15) is 97.1 Å². The maximum atomic E-state index is 13.4. The fourth-order valence-corrected chi connectivity index (χ4v) is 6.72. The second-order valence-electron chi connectivity index (χ2n) is 13.7. The second-order valence-corrected chi connectivity index (χ2v) is 13.7. The molecule has 2 N–H and O–H groups in total. The summed E-state index contributed by atoms with van der Waals surface area (Å²) in [4.78, 5) is 35.0. The van der Waals surface area contributed by atoms with E-state index in [-0.39, 0.29) is 31.1 Å². The number of aromatic nitrogens is 1. The van der Waals surface area contributed by atoms with Crippen LogP contribution in [0.3, 0.4) is 0 Å². The van der Waals surface area contributed by atoms with E-state index in [9.17, 15) is 19.8 Å². The van der Waals surface area contributed by atoms with Crippen molar-refractivity contribution in [3.05, 3.63) is 66.0 Å². The molecule has 254 valence electrons. The summed E-state index contributed by atoms with van der Waals surface area (Å²) in [6.45, 7) is 11.1. The number of carbonyl (C=O) groups excluding carboxylic acids is 2. The molecular weight excluding hydrogens is 582 g/mol. The highest BCUT2D eigenvalue weighted by Crippen LogP contribution is 2.28. The summed E-state index contributed by atoms with van der Waals surface area (Å²) in [5.74, 6) is -0.683. The van der Waals surface area contributed by atoms with E-state index < -0.39 is 36.0 Å². The molecule has 3 aliphatic rings. The van der Waals surface area contributed by atoms with Gasteiger partial charge in [-0.25, -0.2) is 4.79 Å². The number of nitrogens with zero attached hydrogens (tertiary/aromatic N) is 3. The molecule has 0 saturated carbocycles. The molecule has 0 aromatic carbocycles. The predicted molar refractivity (Wildman–Crippen MR) is 179 cm³/mol. The summed E-state index contributed by atoms with van der Waals surface area (Å²) in [6, 6.07) is 6.33. The number of pyridine rings is 1. The highest BCUT2D eigenvalue weighted by molar-refractivity contribution is 5.70. The first-order valence-corrected chi connectivity index (χ1v) is 17.3. The zero-order valence-electron chi connectivity index (χ0n) is 28.2. The van der Waals surface area contributed by atoms with Crippen LogP contribution < -0.4 is 0 Å². The summed E-state index contributed by atoms with van der Waals surface area (Å²) in [7, 11) is 0. The van der Waals surface area contributed by atoms with Gasteiger partial charge >= 0.3 is 12.1 Å². The van der Waals surface area contributed by atoms with Gasteiger partial charge in [0, 0.05) is 42.9 Å². The Morgan fingerprint density at radius 2 is 1.83 bits per heavy atom. The van der Waals surface area contributed by atoms with Crippen molar-refractivity contribution in [2.75, 3.05) is 26.2 Å². The highest BCUT2D eigenvalue weighted by atomic mass is 16.6. The molecule has 3 aliphatic heterocycles. The molecule has 0 bridgehead atoms. The van der Waals surface area contributed by atoms with Crippen molar-refractivity contribution in [2.45, 2.75) is 121 Å². The van der Waals surface area contributed by atoms with Crippen molar-refractivity contribution in [2.24, 2.45) is 5.92 Å². The average molecular weight is 638 g/mol. The maximum absolute atomic E-state index is 13.4. The van der Waals surface area contributed by atoms with E-state index in [1.165, 1.54) is 25.7 Å². The Labute approximate surface area is 275 Å². The zero-order chi connectivity index (χ0) is 33.1. The standard InChI is InChI=1S/C37H55N3O6/c1-27(32-14-7-8-21-38-32)12-11-13-28(2)35-29(3)15-16-33(37(4,44)20-17-31(41)26-34(42)46-35)45-36(43)40-24-18-30(19-25-40)39-22-9-5-6-10-23-39/h7-8,11-16,21,27,29-31,33,35,41,44H,5-6,9-10,17-20,22-26H2,1-4H3/b12-11+,16-15-,28-13+/t27-,29?,31?,33?,35?,37?/m1/s1. The molecule has 46 heavy (non-hydrogen) atoms. The van der Waals surface area contributed by atoms with Crippen molar-refractivity contribution >= 4 is 12.1 Å². The van der Waals surface area contributed by atoms with Crippen LogP contribution in [0.5, 0.6) is 0 Å². The number of piperidine rings is 1. The molecule has 1 aromatic rings. The lowest BCUT2D eigenvalue weighted by Gasteiger charge is -2.39. The molecule has 1 aromatic heterocycles. The molecule has 2 saturated heterocycles. The summed E-state index contributed by atoms with van der Waals surface area (Å²) in [5.41, 5.74) is 0.349. The molecule has 0 aliphatic carbocycles. The van der Waals surface area contributed by atoms with Gasteiger partial charge < -0.3 is 29.5 Å². The van der Waals surface area contributed by atoms with Crippen LogP contribution in [0.4, 0.5) is 4.79 Å². The Hall–Kier alpha value is -3.01. The number of carbonyl (C=O) groups is 2. The van der Waals surface area contributed by atoms with Crippen molar-refractivity contribution in [3.63, 3.8) is 0 Å². The predicted octanol–water partition coefficient (Wildman–Crippen LogP) is 5.93. The summed E-state index contributed by atoms with van der Waals surface area (Å²) < 4.78 is 11.9. The van der Waals surface area contributed by atoms with Gasteiger partial charge in [-0.05, 0) is 89.2 Å². The molecule has 2 fully saturated rings. The van der Waals surface area contributed by atoms with Crippen molar-refractivity contribution in [1.29, 1.82) is 0 Å². The number of hydrogen-bond donors (Lipinski definition) is 2. The van der Waals surface area contributed by atoms with Crippen LogP contribution in [-0.2, 0) is 14.3 Å². The van der Waals surface area contributed by atoms with Crippen molar-refractivity contribution < 1.29 is 29.3 Å². The SMILES string of the molecule is C/C(=C\C=C\[C@@H](C)c1ccccn1)C1OC(=O)CC(O)CCC(C)(O)C(OC(=O)N2CCC(N3CCCCCC3)CC2)/C=C\C1C. The molecule has 0 radical (unpaired) electrons. The van der Waals surface area contributed by atoms with Crippen LogP contribution in [-0.4, -0.2) is 93.2 Å². The number of esters is 1. The quantitative estimate of drug-likeness (QED) is 0.224. The van der Waals surface area contributed by atoms with Gasteiger partial charge in [-0.15, -0.1) is 0 Å². The van der Waals surface area contributed by atoms with E-state index in [2.05, 4.69) is 16.8 Å². The average Bonchev–Trinajstić information content (AvgIpc) is 3.34. The molecule has 4 rings (SSSR count). The number of aliphatic hydroxyl groups excluding tert-OH is 1. The monoisotopic (exact) mass is 637 g/mol. The number of rotatable bonds is 6. The summed E-state index contributed by atoms with van der Waals surface area (Å²) in [5, 5.41) is 22.1. The van der Waals surface area contributed by atoms with E-state index in [4.69, 9.17) is 9.47 Å². The molecule has 0 spiro atoms. The number of aliphatic hydroxyl groups is 2. The number of likely N-dealkylation sites (tertiary alicyclic amines) is 2. The van der Waals surface area contributed by atoms with Crippen LogP contribution in [0.25, 0.3) is 0 Å². The van der Waals surface area contributed by atoms with Gasteiger partial charge in [0.05, 0.1) is 12.5 Å². The molecule has 1 amide bonds. The van der Waals surface area contributed by atoms with Crippen molar-refractivity contribution in [1.82, 2.24) is 14.8 Å². The van der Waals surface area contributed by atoms with Gasteiger partial charge in [0.1, 0.15) is 11.7 Å². The number of hydrogen-bond acceptors (Lipinski definition) is 8. The normalized spacial score (nSPS) is 31.3. The Bertz CT molecular complexity index is 1200. The molecule has 6 atom stereocenters. The fraction of sp³-hybridized carbons (Fsp3) is 0.649. The number of cyclic esters (lactones) is 1. The molecule has 5 unspecified atom stereocenters.